The fraction of sp³-hybridized carbons (Fsp3) is 0.571. The number of methoxy groups -OCH3 is 3. The average molecular weight is 266 g/mol. The van der Waals surface area contributed by atoms with Crippen molar-refractivity contribution in [3.05, 3.63) is 12.1 Å². The van der Waals surface area contributed by atoms with Crippen LogP contribution in [0.5, 0.6) is 17.2 Å². The quantitative estimate of drug-likeness (QED) is 0.786. The number of ether oxygens (including phenoxy) is 3. The predicted octanol–water partition coefficient (Wildman–Crippen LogP) is 1.72. The molecule has 5 nitrogen and oxygen atoms in total. The van der Waals surface area contributed by atoms with Crippen molar-refractivity contribution < 1.29 is 14.2 Å². The molecule has 0 radical (unpaired) electrons. The monoisotopic (exact) mass is 266 g/mol. The molecule has 1 aromatic carbocycles. The van der Waals surface area contributed by atoms with E-state index in [0.717, 1.165) is 18.8 Å². The molecule has 0 heterocycles. The van der Waals surface area contributed by atoms with Gasteiger partial charge in [-0.15, -0.1) is 0 Å². The van der Waals surface area contributed by atoms with Gasteiger partial charge in [-0.05, 0) is 24.8 Å². The summed E-state index contributed by atoms with van der Waals surface area (Å²) in [7, 11) is 4.84. The summed E-state index contributed by atoms with van der Waals surface area (Å²) in [5.41, 5.74) is 6.61. The van der Waals surface area contributed by atoms with Crippen LogP contribution in [0.25, 0.3) is 0 Å². The molecule has 0 aliphatic heterocycles. The smallest absolute Gasteiger partial charge is 0.203 e. The lowest BCUT2D eigenvalue weighted by Gasteiger charge is -2.15. The number of nitrogens with one attached hydrogen (secondary N) is 1. The van der Waals surface area contributed by atoms with Gasteiger partial charge < -0.3 is 25.3 Å². The maximum absolute atomic E-state index is 5.64. The van der Waals surface area contributed by atoms with Crippen LogP contribution in [-0.4, -0.2) is 34.4 Å². The first-order chi connectivity index (χ1) is 9.23. The zero-order valence-electron chi connectivity index (χ0n) is 11.7. The Labute approximate surface area is 114 Å². The Morgan fingerprint density at radius 1 is 1.11 bits per heavy atom. The molecule has 0 bridgehead atoms. The van der Waals surface area contributed by atoms with E-state index in [1.165, 1.54) is 6.42 Å². The lowest BCUT2D eigenvalue weighted by atomic mass is 10.2. The summed E-state index contributed by atoms with van der Waals surface area (Å²) in [6.45, 7) is 1.71. The molecule has 1 fully saturated rings. The van der Waals surface area contributed by atoms with E-state index in [9.17, 15) is 0 Å². The normalized spacial score (nSPS) is 20.8. The van der Waals surface area contributed by atoms with Crippen LogP contribution in [-0.2, 0) is 0 Å². The predicted molar refractivity (Wildman–Crippen MR) is 75.2 cm³/mol. The number of hydrogen-bond acceptors (Lipinski definition) is 5. The Morgan fingerprint density at radius 3 is 2.16 bits per heavy atom. The van der Waals surface area contributed by atoms with E-state index < -0.39 is 0 Å². The highest BCUT2D eigenvalue weighted by Crippen LogP contribution is 2.41. The van der Waals surface area contributed by atoms with Gasteiger partial charge in [-0.1, -0.05) is 0 Å². The lowest BCUT2D eigenvalue weighted by Crippen LogP contribution is -2.09. The molecule has 0 saturated heterocycles. The molecule has 1 aromatic rings. The fourth-order valence-corrected chi connectivity index (χ4v) is 2.28. The highest BCUT2D eigenvalue weighted by atomic mass is 16.5. The first-order valence-corrected chi connectivity index (χ1v) is 6.47. The molecule has 19 heavy (non-hydrogen) atoms. The minimum absolute atomic E-state index is 0.613. The number of nitrogens with two attached hydrogens (primary N) is 1. The van der Waals surface area contributed by atoms with Gasteiger partial charge in [-0.3, -0.25) is 0 Å². The van der Waals surface area contributed by atoms with Crippen molar-refractivity contribution in [3.63, 3.8) is 0 Å². The number of benzene rings is 1. The minimum atomic E-state index is 0.613. The Hall–Kier alpha value is -1.62. The SMILES string of the molecule is COc1cc(NCC2CC2CN)cc(OC)c1OC. The van der Waals surface area contributed by atoms with Gasteiger partial charge >= 0.3 is 0 Å². The Kier molecular flexibility index (Phi) is 4.37. The summed E-state index contributed by atoms with van der Waals surface area (Å²) >= 11 is 0. The van der Waals surface area contributed by atoms with Crippen LogP contribution in [0.1, 0.15) is 6.42 Å². The van der Waals surface area contributed by atoms with Crippen molar-refractivity contribution >= 4 is 5.69 Å². The summed E-state index contributed by atoms with van der Waals surface area (Å²) in [5, 5.41) is 3.40. The standard InChI is InChI=1S/C14H22N2O3/c1-17-12-5-11(6-13(18-2)14(12)19-3)16-8-10-4-9(10)7-15/h5-6,9-10,16H,4,7-8,15H2,1-3H3. The second-order valence-corrected chi connectivity index (χ2v) is 4.79. The fourth-order valence-electron chi connectivity index (χ4n) is 2.28. The second kappa shape index (κ2) is 6.02. The molecular formula is C14H22N2O3. The van der Waals surface area contributed by atoms with Crippen LogP contribution >= 0.6 is 0 Å². The molecular weight excluding hydrogens is 244 g/mol. The van der Waals surface area contributed by atoms with Gasteiger partial charge in [0.05, 0.1) is 21.3 Å². The first-order valence-electron chi connectivity index (χ1n) is 6.47. The highest BCUT2D eigenvalue weighted by Gasteiger charge is 2.35. The van der Waals surface area contributed by atoms with Crippen LogP contribution in [0.3, 0.4) is 0 Å². The van der Waals surface area contributed by atoms with Crippen molar-refractivity contribution in [1.29, 1.82) is 0 Å². The molecule has 1 saturated carbocycles. The third-order valence-electron chi connectivity index (χ3n) is 3.60. The zero-order chi connectivity index (χ0) is 13.8. The highest BCUT2D eigenvalue weighted by molar-refractivity contribution is 5.62. The van der Waals surface area contributed by atoms with Crippen LogP contribution in [0.4, 0.5) is 5.69 Å². The maximum Gasteiger partial charge on any atom is 0.203 e. The van der Waals surface area contributed by atoms with Crippen molar-refractivity contribution in [2.24, 2.45) is 17.6 Å². The number of anilines is 1. The van der Waals surface area contributed by atoms with Gasteiger partial charge in [0.2, 0.25) is 5.75 Å². The largest absolute Gasteiger partial charge is 0.493 e. The zero-order valence-corrected chi connectivity index (χ0v) is 11.7. The van der Waals surface area contributed by atoms with E-state index in [4.69, 9.17) is 19.9 Å². The Bertz CT molecular complexity index is 412. The second-order valence-electron chi connectivity index (χ2n) is 4.79. The molecule has 0 aromatic heterocycles. The van der Waals surface area contributed by atoms with Gasteiger partial charge in [-0.25, -0.2) is 0 Å². The van der Waals surface area contributed by atoms with E-state index in [-0.39, 0.29) is 0 Å². The minimum Gasteiger partial charge on any atom is -0.493 e. The Balaban J connectivity index is 2.08. The van der Waals surface area contributed by atoms with Gasteiger partial charge in [0, 0.05) is 24.4 Å². The lowest BCUT2D eigenvalue weighted by molar-refractivity contribution is 0.324. The topological polar surface area (TPSA) is 65.7 Å². The molecule has 2 atom stereocenters. The van der Waals surface area contributed by atoms with E-state index >= 15 is 0 Å². The molecule has 2 rings (SSSR count). The molecule has 1 aliphatic carbocycles. The van der Waals surface area contributed by atoms with Crippen LogP contribution < -0.4 is 25.3 Å². The summed E-state index contributed by atoms with van der Waals surface area (Å²) in [4.78, 5) is 0. The maximum atomic E-state index is 5.64. The number of hydrogen-bond donors (Lipinski definition) is 2. The van der Waals surface area contributed by atoms with Gasteiger partial charge in [-0.2, -0.15) is 0 Å². The van der Waals surface area contributed by atoms with Gasteiger partial charge in [0.1, 0.15) is 0 Å². The van der Waals surface area contributed by atoms with Crippen molar-refractivity contribution in [2.45, 2.75) is 6.42 Å². The van der Waals surface area contributed by atoms with Crippen molar-refractivity contribution in [2.75, 3.05) is 39.7 Å². The third kappa shape index (κ3) is 3.04. The van der Waals surface area contributed by atoms with Gasteiger partial charge in [0.25, 0.3) is 0 Å². The molecule has 106 valence electrons. The molecule has 0 spiro atoms. The van der Waals surface area contributed by atoms with Crippen molar-refractivity contribution in [3.8, 4) is 17.2 Å². The molecule has 0 amide bonds. The summed E-state index contributed by atoms with van der Waals surface area (Å²) < 4.78 is 15.9. The van der Waals surface area contributed by atoms with E-state index in [1.807, 2.05) is 12.1 Å². The van der Waals surface area contributed by atoms with E-state index in [1.54, 1.807) is 21.3 Å². The molecule has 2 unspecified atom stereocenters. The Morgan fingerprint density at radius 2 is 1.74 bits per heavy atom. The average Bonchev–Trinajstić information content (AvgIpc) is 3.22. The van der Waals surface area contributed by atoms with Crippen LogP contribution in [0, 0.1) is 11.8 Å². The van der Waals surface area contributed by atoms with E-state index in [2.05, 4.69) is 5.32 Å². The molecule has 3 N–H and O–H groups in total. The first kappa shape index (κ1) is 13.8. The van der Waals surface area contributed by atoms with E-state index in [0.29, 0.717) is 29.1 Å². The van der Waals surface area contributed by atoms with Crippen molar-refractivity contribution in [1.82, 2.24) is 0 Å². The van der Waals surface area contributed by atoms with Gasteiger partial charge in [0.15, 0.2) is 11.5 Å². The summed E-state index contributed by atoms with van der Waals surface area (Å²) in [6.07, 6.45) is 1.22. The molecule has 1 aliphatic rings. The van der Waals surface area contributed by atoms with Crippen LogP contribution in [0.2, 0.25) is 0 Å². The molecule has 5 heteroatoms. The van der Waals surface area contributed by atoms with Crippen LogP contribution in [0.15, 0.2) is 12.1 Å². The third-order valence-corrected chi connectivity index (χ3v) is 3.60. The number of rotatable bonds is 7. The summed E-state index contributed by atoms with van der Waals surface area (Å²) in [5.74, 6) is 3.30. The summed E-state index contributed by atoms with van der Waals surface area (Å²) in [6, 6.07) is 3.84.